The number of ether oxygens (including phenoxy) is 1. The van der Waals surface area contributed by atoms with Crippen molar-refractivity contribution < 1.29 is 14.3 Å². The number of nitrogens with one attached hydrogen (secondary N) is 2. The molecule has 0 bridgehead atoms. The molecule has 0 aromatic carbocycles. The molecule has 0 saturated carbocycles. The van der Waals surface area contributed by atoms with Gasteiger partial charge in [0.25, 0.3) is 0 Å². The van der Waals surface area contributed by atoms with Gasteiger partial charge >= 0.3 is 0 Å². The van der Waals surface area contributed by atoms with Crippen LogP contribution in [0.4, 0.5) is 0 Å². The molecule has 6 nitrogen and oxygen atoms in total. The van der Waals surface area contributed by atoms with E-state index in [0.717, 1.165) is 19.4 Å². The second-order valence-corrected chi connectivity index (χ2v) is 4.45. The maximum absolute atomic E-state index is 11.7. The van der Waals surface area contributed by atoms with E-state index in [1.54, 1.807) is 0 Å². The summed E-state index contributed by atoms with van der Waals surface area (Å²) in [5.74, 6) is 0.0800. The van der Waals surface area contributed by atoms with Gasteiger partial charge in [0.15, 0.2) is 0 Å². The van der Waals surface area contributed by atoms with Gasteiger partial charge in [-0.1, -0.05) is 6.92 Å². The van der Waals surface area contributed by atoms with Gasteiger partial charge in [0.2, 0.25) is 11.8 Å². The van der Waals surface area contributed by atoms with Crippen LogP contribution in [0, 0.1) is 5.92 Å². The Morgan fingerprint density at radius 2 is 2.29 bits per heavy atom. The summed E-state index contributed by atoms with van der Waals surface area (Å²) >= 11 is 0. The SMILES string of the molecule is CC1CCNC(C(=O)NCCOCC(N)=O)C1. The molecule has 1 heterocycles. The second kappa shape index (κ2) is 7.24. The van der Waals surface area contributed by atoms with Crippen LogP contribution in [-0.4, -0.2) is 44.2 Å². The summed E-state index contributed by atoms with van der Waals surface area (Å²) in [5, 5.41) is 5.95. The molecule has 1 rings (SSSR count). The standard InChI is InChI=1S/C11H21N3O3/c1-8-2-3-13-9(6-8)11(16)14-4-5-17-7-10(12)15/h8-9,13H,2-7H2,1H3,(H2,12,15)(H,14,16). The molecule has 0 aromatic rings. The molecule has 0 spiro atoms. The molecular weight excluding hydrogens is 222 g/mol. The first-order valence-electron chi connectivity index (χ1n) is 5.96. The smallest absolute Gasteiger partial charge is 0.243 e. The van der Waals surface area contributed by atoms with E-state index in [0.29, 0.717) is 19.1 Å². The third-order valence-electron chi connectivity index (χ3n) is 2.77. The Morgan fingerprint density at radius 1 is 1.53 bits per heavy atom. The lowest BCUT2D eigenvalue weighted by Gasteiger charge is -2.27. The summed E-state index contributed by atoms with van der Waals surface area (Å²) in [6, 6.07) is -0.102. The number of rotatable bonds is 6. The summed E-state index contributed by atoms with van der Waals surface area (Å²) in [4.78, 5) is 22.1. The first-order valence-corrected chi connectivity index (χ1v) is 5.96. The molecule has 0 aromatic heterocycles. The van der Waals surface area contributed by atoms with Crippen molar-refractivity contribution in [3.05, 3.63) is 0 Å². The number of carbonyl (C=O) groups is 2. The number of nitrogens with two attached hydrogens (primary N) is 1. The minimum Gasteiger partial charge on any atom is -0.370 e. The normalized spacial score (nSPS) is 24.3. The maximum atomic E-state index is 11.7. The second-order valence-electron chi connectivity index (χ2n) is 4.45. The van der Waals surface area contributed by atoms with Crippen molar-refractivity contribution in [3.63, 3.8) is 0 Å². The molecule has 2 atom stereocenters. The van der Waals surface area contributed by atoms with Crippen LogP contribution >= 0.6 is 0 Å². The lowest BCUT2D eigenvalue weighted by atomic mass is 9.94. The Hall–Kier alpha value is -1.14. The highest BCUT2D eigenvalue weighted by atomic mass is 16.5. The summed E-state index contributed by atoms with van der Waals surface area (Å²) in [6.45, 7) is 3.64. The van der Waals surface area contributed by atoms with Crippen LogP contribution in [0.25, 0.3) is 0 Å². The first-order chi connectivity index (χ1) is 8.09. The quantitative estimate of drug-likeness (QED) is 0.521. The minimum absolute atomic E-state index is 0.000718. The molecule has 98 valence electrons. The van der Waals surface area contributed by atoms with Crippen LogP contribution in [0.3, 0.4) is 0 Å². The van der Waals surface area contributed by atoms with E-state index in [1.165, 1.54) is 0 Å². The third kappa shape index (κ3) is 5.65. The monoisotopic (exact) mass is 243 g/mol. The van der Waals surface area contributed by atoms with Crippen molar-refractivity contribution >= 4 is 11.8 Å². The molecule has 4 N–H and O–H groups in total. The molecular formula is C11H21N3O3. The van der Waals surface area contributed by atoms with Gasteiger partial charge in [-0.05, 0) is 25.3 Å². The number of hydrogen-bond acceptors (Lipinski definition) is 4. The highest BCUT2D eigenvalue weighted by Gasteiger charge is 2.23. The summed E-state index contributed by atoms with van der Waals surface area (Å²) in [7, 11) is 0. The van der Waals surface area contributed by atoms with E-state index in [4.69, 9.17) is 10.5 Å². The van der Waals surface area contributed by atoms with Gasteiger partial charge in [0.1, 0.15) is 6.61 Å². The van der Waals surface area contributed by atoms with Gasteiger partial charge in [-0.3, -0.25) is 9.59 Å². The van der Waals surface area contributed by atoms with E-state index in [9.17, 15) is 9.59 Å². The highest BCUT2D eigenvalue weighted by molar-refractivity contribution is 5.81. The molecule has 1 saturated heterocycles. The number of hydrogen-bond donors (Lipinski definition) is 3. The van der Waals surface area contributed by atoms with E-state index in [2.05, 4.69) is 17.6 Å². The molecule has 1 aliphatic heterocycles. The zero-order valence-corrected chi connectivity index (χ0v) is 10.2. The molecule has 0 radical (unpaired) electrons. The van der Waals surface area contributed by atoms with Gasteiger partial charge in [-0.25, -0.2) is 0 Å². The lowest BCUT2D eigenvalue weighted by Crippen LogP contribution is -2.49. The Bertz CT molecular complexity index is 271. The molecule has 6 heteroatoms. The summed E-state index contributed by atoms with van der Waals surface area (Å²) in [6.07, 6.45) is 1.99. The molecule has 2 unspecified atom stereocenters. The fourth-order valence-electron chi connectivity index (χ4n) is 1.85. The number of primary amides is 1. The van der Waals surface area contributed by atoms with Crippen LogP contribution in [0.2, 0.25) is 0 Å². The van der Waals surface area contributed by atoms with Gasteiger partial charge in [0.05, 0.1) is 12.6 Å². The van der Waals surface area contributed by atoms with Crippen molar-refractivity contribution in [1.82, 2.24) is 10.6 Å². The van der Waals surface area contributed by atoms with Crippen LogP contribution in [-0.2, 0) is 14.3 Å². The van der Waals surface area contributed by atoms with Gasteiger partial charge in [0, 0.05) is 6.54 Å². The Labute approximate surface area is 101 Å². The van der Waals surface area contributed by atoms with Crippen molar-refractivity contribution in [3.8, 4) is 0 Å². The number of piperidine rings is 1. The van der Waals surface area contributed by atoms with Crippen molar-refractivity contribution in [2.24, 2.45) is 11.7 Å². The van der Waals surface area contributed by atoms with Crippen molar-refractivity contribution in [1.29, 1.82) is 0 Å². The number of carbonyl (C=O) groups excluding carboxylic acids is 2. The van der Waals surface area contributed by atoms with Crippen LogP contribution < -0.4 is 16.4 Å². The predicted molar refractivity (Wildman–Crippen MR) is 63.2 cm³/mol. The van der Waals surface area contributed by atoms with Crippen molar-refractivity contribution in [2.45, 2.75) is 25.8 Å². The summed E-state index contributed by atoms with van der Waals surface area (Å²) in [5.41, 5.74) is 4.91. The molecule has 1 fully saturated rings. The van der Waals surface area contributed by atoms with Gasteiger partial charge in [-0.15, -0.1) is 0 Å². The largest absolute Gasteiger partial charge is 0.370 e. The molecule has 2 amide bonds. The molecule has 0 aliphatic carbocycles. The maximum Gasteiger partial charge on any atom is 0.243 e. The fraction of sp³-hybridized carbons (Fsp3) is 0.818. The van der Waals surface area contributed by atoms with E-state index < -0.39 is 5.91 Å². The first kappa shape index (κ1) is 13.9. The average Bonchev–Trinajstić information content (AvgIpc) is 2.28. The predicted octanol–water partition coefficient (Wildman–Crippen LogP) is -1.01. The lowest BCUT2D eigenvalue weighted by molar-refractivity contribution is -0.124. The van der Waals surface area contributed by atoms with Crippen LogP contribution in [0.1, 0.15) is 19.8 Å². The van der Waals surface area contributed by atoms with Crippen LogP contribution in [0.5, 0.6) is 0 Å². The Morgan fingerprint density at radius 3 is 2.94 bits per heavy atom. The highest BCUT2D eigenvalue weighted by Crippen LogP contribution is 2.14. The van der Waals surface area contributed by atoms with Gasteiger partial charge in [-0.2, -0.15) is 0 Å². The number of amides is 2. The summed E-state index contributed by atoms with van der Waals surface area (Å²) < 4.78 is 4.94. The van der Waals surface area contributed by atoms with E-state index in [1.807, 2.05) is 0 Å². The topological polar surface area (TPSA) is 93.4 Å². The van der Waals surface area contributed by atoms with E-state index in [-0.39, 0.29) is 18.6 Å². The Kier molecular flexibility index (Phi) is 5.93. The minimum atomic E-state index is -0.501. The fourth-order valence-corrected chi connectivity index (χ4v) is 1.85. The van der Waals surface area contributed by atoms with E-state index >= 15 is 0 Å². The van der Waals surface area contributed by atoms with Gasteiger partial charge < -0.3 is 21.1 Å². The van der Waals surface area contributed by atoms with Crippen LogP contribution in [0.15, 0.2) is 0 Å². The van der Waals surface area contributed by atoms with Crippen molar-refractivity contribution in [2.75, 3.05) is 26.3 Å². The molecule has 17 heavy (non-hydrogen) atoms. The zero-order valence-electron chi connectivity index (χ0n) is 10.2. The zero-order chi connectivity index (χ0) is 12.7. The average molecular weight is 243 g/mol. The third-order valence-corrected chi connectivity index (χ3v) is 2.77. The molecule has 1 aliphatic rings. The Balaban J connectivity index is 2.10.